The average Bonchev–Trinajstić information content (AvgIpc) is 2.47. The quantitative estimate of drug-likeness (QED) is 0.540. The van der Waals surface area contributed by atoms with Gasteiger partial charge in [-0.2, -0.15) is 0 Å². The third-order valence-corrected chi connectivity index (χ3v) is 4.04. The van der Waals surface area contributed by atoms with Crippen LogP contribution in [0.15, 0.2) is 36.4 Å². The van der Waals surface area contributed by atoms with E-state index < -0.39 is 0 Å². The maximum absolute atomic E-state index is 5.53. The summed E-state index contributed by atoms with van der Waals surface area (Å²) in [5, 5.41) is 11.7. The van der Waals surface area contributed by atoms with Gasteiger partial charge in [-0.1, -0.05) is 36.4 Å². The summed E-state index contributed by atoms with van der Waals surface area (Å²) in [6.07, 6.45) is 0. The van der Waals surface area contributed by atoms with Crippen LogP contribution in [0.5, 0.6) is 0 Å². The number of thiocarbonyl (C=S) groups is 2. The highest BCUT2D eigenvalue weighted by molar-refractivity contribution is 7.80. The second-order valence-electron chi connectivity index (χ2n) is 5.12. The minimum atomic E-state index is 0.306. The molecule has 0 saturated heterocycles. The predicted molar refractivity (Wildman–Crippen MR) is 95.5 cm³/mol. The Labute approximate surface area is 138 Å². The molecule has 0 fully saturated rings. The Balaban J connectivity index is 2.13. The summed E-state index contributed by atoms with van der Waals surface area (Å²) in [6, 6.07) is 12.5. The Bertz CT molecular complexity index is 876. The summed E-state index contributed by atoms with van der Waals surface area (Å²) in [5.41, 5.74) is 13.4. The third-order valence-electron chi connectivity index (χ3n) is 3.75. The number of hydrogen-bond donors (Lipinski definition) is 4. The molecule has 0 bridgehead atoms. The van der Waals surface area contributed by atoms with Gasteiger partial charge in [0.25, 0.3) is 0 Å². The first-order valence-electron chi connectivity index (χ1n) is 6.89. The van der Waals surface area contributed by atoms with Gasteiger partial charge >= 0.3 is 0 Å². The van der Waals surface area contributed by atoms with Crippen LogP contribution in [0.2, 0.25) is 0 Å². The van der Waals surface area contributed by atoms with E-state index in [0.717, 1.165) is 0 Å². The molecule has 0 saturated carbocycles. The van der Waals surface area contributed by atoms with Crippen LogP contribution in [-0.2, 0) is 13.1 Å². The molecule has 4 nitrogen and oxygen atoms in total. The summed E-state index contributed by atoms with van der Waals surface area (Å²) < 4.78 is 0. The second kappa shape index (κ2) is 5.90. The van der Waals surface area contributed by atoms with Crippen molar-refractivity contribution in [2.24, 2.45) is 11.5 Å². The number of rotatable bonds is 4. The molecular formula is C16H16N4S2. The zero-order chi connectivity index (χ0) is 15.7. The number of hydrogen-bond acceptors (Lipinski definition) is 2. The van der Waals surface area contributed by atoms with Gasteiger partial charge in [0.05, 0.1) is 0 Å². The highest BCUT2D eigenvalue weighted by Gasteiger charge is 2.10. The molecule has 3 rings (SSSR count). The zero-order valence-corrected chi connectivity index (χ0v) is 13.5. The second-order valence-corrected chi connectivity index (χ2v) is 5.99. The summed E-state index contributed by atoms with van der Waals surface area (Å²) in [7, 11) is 0. The van der Waals surface area contributed by atoms with Crippen LogP contribution in [0.25, 0.3) is 0 Å². The van der Waals surface area contributed by atoms with E-state index >= 15 is 0 Å². The Morgan fingerprint density at radius 1 is 0.773 bits per heavy atom. The average molecular weight is 328 g/mol. The molecule has 2 aromatic carbocycles. The van der Waals surface area contributed by atoms with E-state index in [1.807, 2.05) is 0 Å². The molecule has 0 radical (unpaired) electrons. The minimum Gasteiger partial charge on any atom is -0.376 e. The molecule has 0 aliphatic heterocycles. The van der Waals surface area contributed by atoms with Crippen LogP contribution in [0, 0.1) is 20.9 Å². The van der Waals surface area contributed by atoms with Crippen LogP contribution in [-0.4, -0.2) is 10.2 Å². The lowest BCUT2D eigenvalue weighted by Gasteiger charge is -2.14. The summed E-state index contributed by atoms with van der Waals surface area (Å²) in [6.45, 7) is 1.24. The number of benzene rings is 2. The fourth-order valence-corrected chi connectivity index (χ4v) is 2.98. The van der Waals surface area contributed by atoms with E-state index in [-0.39, 0.29) is 0 Å². The van der Waals surface area contributed by atoms with Gasteiger partial charge in [-0.25, -0.2) is 0 Å². The van der Waals surface area contributed by atoms with Crippen LogP contribution >= 0.6 is 24.4 Å². The highest BCUT2D eigenvalue weighted by Crippen LogP contribution is 2.19. The molecule has 0 atom stereocenters. The largest absolute Gasteiger partial charge is 0.376 e. The van der Waals surface area contributed by atoms with Crippen molar-refractivity contribution in [2.45, 2.75) is 13.1 Å². The van der Waals surface area contributed by atoms with Crippen LogP contribution in [0.3, 0.4) is 0 Å². The first kappa shape index (κ1) is 14.7. The van der Waals surface area contributed by atoms with Crippen molar-refractivity contribution in [3.05, 3.63) is 68.4 Å². The summed E-state index contributed by atoms with van der Waals surface area (Å²) in [4.78, 5) is 0. The number of fused-ring (bicyclic) bond motifs is 2. The van der Waals surface area contributed by atoms with Crippen LogP contribution in [0.4, 0.5) is 0 Å². The first-order chi connectivity index (χ1) is 10.6. The molecule has 1 aliphatic rings. The lowest BCUT2D eigenvalue weighted by molar-refractivity contribution is 0.887. The van der Waals surface area contributed by atoms with Crippen molar-refractivity contribution < 1.29 is 0 Å². The molecule has 6 heteroatoms. The van der Waals surface area contributed by atoms with E-state index in [2.05, 4.69) is 47.0 Å². The molecule has 0 spiro atoms. The van der Waals surface area contributed by atoms with Crippen LogP contribution in [0.1, 0.15) is 11.1 Å². The van der Waals surface area contributed by atoms with Gasteiger partial charge < -0.3 is 22.1 Å². The monoisotopic (exact) mass is 328 g/mol. The summed E-state index contributed by atoms with van der Waals surface area (Å²) >= 11 is 9.78. The third kappa shape index (κ3) is 2.63. The van der Waals surface area contributed by atoms with Crippen molar-refractivity contribution >= 4 is 34.7 Å². The number of nitrogens with one attached hydrogen (secondary N) is 2. The molecule has 0 amide bonds. The standard InChI is InChI=1S/C16H16N4S2/c17-15(21)19-7-9-3-1-5-11-12-6-2-4-10(8-20-16(18)22)14(12)13(9)11/h1-6H,7-8H2,(H3,17,19,21)(H3,18,20,22). The fourth-order valence-electron chi connectivity index (χ4n) is 2.84. The molecule has 6 N–H and O–H groups in total. The van der Waals surface area contributed by atoms with E-state index in [4.69, 9.17) is 35.9 Å². The lowest BCUT2D eigenvalue weighted by Crippen LogP contribution is -2.29. The van der Waals surface area contributed by atoms with Gasteiger partial charge in [-0.05, 0) is 56.4 Å². The predicted octanol–water partition coefficient (Wildman–Crippen LogP) is 1.24. The molecule has 0 unspecified atom stereocenters. The van der Waals surface area contributed by atoms with Gasteiger partial charge in [0.15, 0.2) is 10.2 Å². The fraction of sp³-hybridized carbons (Fsp3) is 0.125. The van der Waals surface area contributed by atoms with E-state index in [1.165, 1.54) is 32.0 Å². The first-order valence-corrected chi connectivity index (χ1v) is 7.70. The van der Waals surface area contributed by atoms with E-state index in [9.17, 15) is 0 Å². The molecule has 22 heavy (non-hydrogen) atoms. The van der Waals surface area contributed by atoms with Gasteiger partial charge in [0.1, 0.15) is 0 Å². The minimum absolute atomic E-state index is 0.306. The van der Waals surface area contributed by atoms with Gasteiger partial charge in [-0.3, -0.25) is 0 Å². The Morgan fingerprint density at radius 3 is 1.55 bits per heavy atom. The maximum Gasteiger partial charge on any atom is 0.163 e. The zero-order valence-electron chi connectivity index (χ0n) is 11.8. The van der Waals surface area contributed by atoms with Crippen LogP contribution < -0.4 is 22.1 Å². The van der Waals surface area contributed by atoms with Crippen molar-refractivity contribution in [1.82, 2.24) is 10.6 Å². The smallest absolute Gasteiger partial charge is 0.163 e. The topological polar surface area (TPSA) is 76.1 Å². The van der Waals surface area contributed by atoms with Gasteiger partial charge in [-0.15, -0.1) is 0 Å². The molecular weight excluding hydrogens is 312 g/mol. The molecule has 0 heterocycles. The Hall–Kier alpha value is -2.18. The Morgan fingerprint density at radius 2 is 1.18 bits per heavy atom. The van der Waals surface area contributed by atoms with Crippen molar-refractivity contribution in [2.75, 3.05) is 0 Å². The SMILES string of the molecule is NC(=S)NCc1cccc2c1=c1c(CNC(N)=S)cccc1=2. The normalized spacial score (nSPS) is 10.9. The highest BCUT2D eigenvalue weighted by atomic mass is 32.1. The van der Waals surface area contributed by atoms with E-state index in [0.29, 0.717) is 23.3 Å². The van der Waals surface area contributed by atoms with Crippen molar-refractivity contribution in [3.8, 4) is 0 Å². The van der Waals surface area contributed by atoms with Crippen molar-refractivity contribution in [3.63, 3.8) is 0 Å². The number of nitrogens with two attached hydrogens (primary N) is 2. The molecule has 112 valence electrons. The Kier molecular flexibility index (Phi) is 3.96. The van der Waals surface area contributed by atoms with Crippen molar-refractivity contribution in [1.29, 1.82) is 0 Å². The molecule has 2 aromatic rings. The van der Waals surface area contributed by atoms with Gasteiger partial charge in [0.2, 0.25) is 0 Å². The van der Waals surface area contributed by atoms with E-state index in [1.54, 1.807) is 0 Å². The lowest BCUT2D eigenvalue weighted by atomic mass is 9.94. The molecule has 0 aromatic heterocycles. The molecule has 1 aliphatic carbocycles. The summed E-state index contributed by atoms with van der Waals surface area (Å²) in [5.74, 6) is 0. The van der Waals surface area contributed by atoms with Gasteiger partial charge in [0, 0.05) is 13.1 Å². The maximum atomic E-state index is 5.53.